The number of halogens is 2. The van der Waals surface area contributed by atoms with Crippen LogP contribution in [0.15, 0.2) is 16.6 Å². The van der Waals surface area contributed by atoms with E-state index in [0.717, 1.165) is 24.7 Å². The van der Waals surface area contributed by atoms with Crippen molar-refractivity contribution in [1.29, 1.82) is 0 Å². The Labute approximate surface area is 126 Å². The maximum absolute atomic E-state index is 5.82. The molecular weight excluding hydrogens is 356 g/mol. The van der Waals surface area contributed by atoms with Crippen LogP contribution in [-0.4, -0.2) is 6.61 Å². The minimum atomic E-state index is 0.435. The SMILES string of the molecule is Brc1cc2c(c(C(Br)CC3CCCC3)c1)OCC2. The molecule has 1 aromatic rings. The predicted octanol–water partition coefficient (Wildman–Crippen LogP) is 5.40. The third-order valence-corrected chi connectivity index (χ3v) is 5.45. The quantitative estimate of drug-likeness (QED) is 0.644. The van der Waals surface area contributed by atoms with Crippen LogP contribution >= 0.6 is 31.9 Å². The van der Waals surface area contributed by atoms with Crippen molar-refractivity contribution in [3.63, 3.8) is 0 Å². The molecule has 2 aliphatic rings. The Morgan fingerprint density at radius 1 is 1.28 bits per heavy atom. The van der Waals surface area contributed by atoms with Crippen molar-refractivity contribution in [2.24, 2.45) is 5.92 Å². The monoisotopic (exact) mass is 372 g/mol. The van der Waals surface area contributed by atoms with Crippen molar-refractivity contribution in [3.8, 4) is 5.75 Å². The molecule has 1 nitrogen and oxygen atoms in total. The van der Waals surface area contributed by atoms with Gasteiger partial charge in [0.2, 0.25) is 0 Å². The Morgan fingerprint density at radius 2 is 2.06 bits per heavy atom. The Hall–Kier alpha value is -0.0200. The molecule has 0 N–H and O–H groups in total. The van der Waals surface area contributed by atoms with E-state index in [1.54, 1.807) is 0 Å². The Kier molecular flexibility index (Phi) is 4.00. The molecule has 1 aliphatic heterocycles. The van der Waals surface area contributed by atoms with Crippen LogP contribution in [0.4, 0.5) is 0 Å². The van der Waals surface area contributed by atoms with Crippen molar-refractivity contribution >= 4 is 31.9 Å². The first-order valence-electron chi connectivity index (χ1n) is 6.83. The molecule has 18 heavy (non-hydrogen) atoms. The second-order valence-corrected chi connectivity index (χ2v) is 7.46. The highest BCUT2D eigenvalue weighted by Crippen LogP contribution is 2.44. The summed E-state index contributed by atoms with van der Waals surface area (Å²) in [6, 6.07) is 4.42. The standard InChI is InChI=1S/C15H18Br2O/c16-12-8-11-5-6-18-15(11)13(9-12)14(17)7-10-3-1-2-4-10/h8-10,14H,1-7H2. The van der Waals surface area contributed by atoms with Crippen LogP contribution in [0, 0.1) is 5.92 Å². The van der Waals surface area contributed by atoms with E-state index < -0.39 is 0 Å². The molecule has 3 rings (SSSR count). The minimum absolute atomic E-state index is 0.435. The Morgan fingerprint density at radius 3 is 2.83 bits per heavy atom. The fourth-order valence-corrected chi connectivity index (χ4v) is 4.59. The summed E-state index contributed by atoms with van der Waals surface area (Å²) in [7, 11) is 0. The zero-order chi connectivity index (χ0) is 12.5. The Bertz CT molecular complexity index is 438. The molecule has 0 spiro atoms. The number of hydrogen-bond donors (Lipinski definition) is 0. The fourth-order valence-electron chi connectivity index (χ4n) is 3.20. The van der Waals surface area contributed by atoms with Crippen molar-refractivity contribution < 1.29 is 4.74 Å². The minimum Gasteiger partial charge on any atom is -0.493 e. The average molecular weight is 374 g/mol. The summed E-state index contributed by atoms with van der Waals surface area (Å²) in [5.41, 5.74) is 2.69. The van der Waals surface area contributed by atoms with Crippen molar-refractivity contribution in [1.82, 2.24) is 0 Å². The molecule has 1 aromatic carbocycles. The van der Waals surface area contributed by atoms with Crippen LogP contribution in [0.25, 0.3) is 0 Å². The summed E-state index contributed by atoms with van der Waals surface area (Å²) >= 11 is 7.50. The van der Waals surface area contributed by atoms with Gasteiger partial charge in [-0.2, -0.15) is 0 Å². The third kappa shape index (κ3) is 2.62. The average Bonchev–Trinajstić information content (AvgIpc) is 2.97. The maximum Gasteiger partial charge on any atom is 0.127 e. The topological polar surface area (TPSA) is 9.23 Å². The molecule has 1 atom stereocenters. The predicted molar refractivity (Wildman–Crippen MR) is 81.6 cm³/mol. The number of ether oxygens (including phenoxy) is 1. The molecule has 1 fully saturated rings. The number of rotatable bonds is 3. The largest absolute Gasteiger partial charge is 0.493 e. The fraction of sp³-hybridized carbons (Fsp3) is 0.600. The highest BCUT2D eigenvalue weighted by Gasteiger charge is 2.25. The summed E-state index contributed by atoms with van der Waals surface area (Å²) in [6.07, 6.45) is 7.92. The molecule has 0 amide bonds. The van der Waals surface area contributed by atoms with E-state index in [-0.39, 0.29) is 0 Å². The summed E-state index contributed by atoms with van der Waals surface area (Å²) in [4.78, 5) is 0.435. The van der Waals surface area contributed by atoms with E-state index in [1.165, 1.54) is 47.7 Å². The summed E-state index contributed by atoms with van der Waals surface area (Å²) < 4.78 is 7.00. The van der Waals surface area contributed by atoms with Gasteiger partial charge in [-0.05, 0) is 30.0 Å². The van der Waals surface area contributed by atoms with E-state index in [9.17, 15) is 0 Å². The molecular formula is C15H18Br2O. The van der Waals surface area contributed by atoms with Gasteiger partial charge in [-0.3, -0.25) is 0 Å². The van der Waals surface area contributed by atoms with E-state index in [0.29, 0.717) is 4.83 Å². The molecule has 0 radical (unpaired) electrons. The van der Waals surface area contributed by atoms with Gasteiger partial charge in [0, 0.05) is 21.3 Å². The van der Waals surface area contributed by atoms with Crippen molar-refractivity contribution in [2.75, 3.05) is 6.61 Å². The zero-order valence-electron chi connectivity index (χ0n) is 10.4. The molecule has 0 aromatic heterocycles. The second kappa shape index (κ2) is 5.54. The number of alkyl halides is 1. The van der Waals surface area contributed by atoms with Gasteiger partial charge >= 0.3 is 0 Å². The van der Waals surface area contributed by atoms with Crippen LogP contribution in [0.1, 0.15) is 48.1 Å². The van der Waals surface area contributed by atoms with E-state index in [4.69, 9.17) is 4.74 Å². The Balaban J connectivity index is 1.82. The van der Waals surface area contributed by atoms with Crippen LogP contribution in [-0.2, 0) is 6.42 Å². The van der Waals surface area contributed by atoms with E-state index >= 15 is 0 Å². The lowest BCUT2D eigenvalue weighted by atomic mass is 9.96. The highest BCUT2D eigenvalue weighted by molar-refractivity contribution is 9.10. The van der Waals surface area contributed by atoms with Crippen molar-refractivity contribution in [2.45, 2.75) is 43.4 Å². The first kappa shape index (κ1) is 13.0. The molecule has 3 heteroatoms. The van der Waals surface area contributed by atoms with Gasteiger partial charge in [-0.15, -0.1) is 0 Å². The first-order valence-corrected chi connectivity index (χ1v) is 8.54. The zero-order valence-corrected chi connectivity index (χ0v) is 13.6. The molecule has 1 unspecified atom stereocenters. The van der Waals surface area contributed by atoms with E-state index in [1.807, 2.05) is 0 Å². The third-order valence-electron chi connectivity index (χ3n) is 4.13. The van der Waals surface area contributed by atoms with Gasteiger partial charge in [-0.1, -0.05) is 57.5 Å². The maximum atomic E-state index is 5.82. The van der Waals surface area contributed by atoms with Gasteiger partial charge in [0.05, 0.1) is 6.61 Å². The summed E-state index contributed by atoms with van der Waals surface area (Å²) in [6.45, 7) is 0.835. The molecule has 1 aliphatic carbocycles. The van der Waals surface area contributed by atoms with Crippen LogP contribution in [0.3, 0.4) is 0 Å². The smallest absolute Gasteiger partial charge is 0.127 e. The lowest BCUT2D eigenvalue weighted by Gasteiger charge is -2.18. The normalized spacial score (nSPS) is 20.8. The lowest BCUT2D eigenvalue weighted by Crippen LogP contribution is -2.01. The molecule has 0 bridgehead atoms. The summed E-state index contributed by atoms with van der Waals surface area (Å²) in [5, 5.41) is 0. The number of fused-ring (bicyclic) bond motifs is 1. The van der Waals surface area contributed by atoms with Gasteiger partial charge < -0.3 is 4.74 Å². The molecule has 1 saturated carbocycles. The van der Waals surface area contributed by atoms with Gasteiger partial charge in [0.15, 0.2) is 0 Å². The van der Waals surface area contributed by atoms with Crippen LogP contribution in [0.5, 0.6) is 5.75 Å². The van der Waals surface area contributed by atoms with E-state index in [2.05, 4.69) is 44.0 Å². The molecule has 1 heterocycles. The highest BCUT2D eigenvalue weighted by atomic mass is 79.9. The first-order chi connectivity index (χ1) is 8.74. The van der Waals surface area contributed by atoms with Gasteiger partial charge in [-0.25, -0.2) is 0 Å². The molecule has 98 valence electrons. The number of benzene rings is 1. The van der Waals surface area contributed by atoms with Crippen LogP contribution < -0.4 is 4.74 Å². The number of hydrogen-bond acceptors (Lipinski definition) is 1. The second-order valence-electron chi connectivity index (χ2n) is 5.44. The van der Waals surface area contributed by atoms with Crippen molar-refractivity contribution in [3.05, 3.63) is 27.7 Å². The lowest BCUT2D eigenvalue weighted by molar-refractivity contribution is 0.352. The summed E-state index contributed by atoms with van der Waals surface area (Å²) in [5.74, 6) is 2.03. The van der Waals surface area contributed by atoms with Gasteiger partial charge in [0.25, 0.3) is 0 Å². The van der Waals surface area contributed by atoms with Gasteiger partial charge in [0.1, 0.15) is 5.75 Å². The van der Waals surface area contributed by atoms with Crippen LogP contribution in [0.2, 0.25) is 0 Å². The molecule has 0 saturated heterocycles.